The highest BCUT2D eigenvalue weighted by molar-refractivity contribution is 9.10. The Bertz CT molecular complexity index is 411. The Morgan fingerprint density at radius 3 is 2.82 bits per heavy atom. The highest BCUT2D eigenvalue weighted by Crippen LogP contribution is 2.20. The first-order valence-electron chi connectivity index (χ1n) is 5.18. The van der Waals surface area contributed by atoms with Crippen LogP contribution >= 0.6 is 15.9 Å². The number of hydrogen-bond acceptors (Lipinski definition) is 2. The van der Waals surface area contributed by atoms with Crippen LogP contribution in [-0.2, 0) is 4.74 Å². The van der Waals surface area contributed by atoms with E-state index in [4.69, 9.17) is 4.74 Å². The van der Waals surface area contributed by atoms with Gasteiger partial charge < -0.3 is 9.64 Å². The number of amides is 1. The van der Waals surface area contributed by atoms with Crippen LogP contribution in [0.1, 0.15) is 17.3 Å². The third kappa shape index (κ3) is 3.51. The first-order chi connectivity index (χ1) is 7.97. The lowest BCUT2D eigenvalue weighted by Crippen LogP contribution is -2.38. The van der Waals surface area contributed by atoms with E-state index in [2.05, 4.69) is 15.9 Å². The molecule has 0 aliphatic rings. The van der Waals surface area contributed by atoms with Crippen molar-refractivity contribution in [2.75, 3.05) is 20.8 Å². The fourth-order valence-corrected chi connectivity index (χ4v) is 1.82. The summed E-state index contributed by atoms with van der Waals surface area (Å²) < 4.78 is 18.7. The summed E-state index contributed by atoms with van der Waals surface area (Å²) in [5, 5.41) is 0. The zero-order valence-corrected chi connectivity index (χ0v) is 11.6. The number of carbonyl (C=O) groups excluding carboxylic acids is 1. The van der Waals surface area contributed by atoms with Crippen molar-refractivity contribution in [3.8, 4) is 0 Å². The zero-order valence-electron chi connectivity index (χ0n) is 10.0. The van der Waals surface area contributed by atoms with Gasteiger partial charge in [0.1, 0.15) is 5.82 Å². The molecule has 0 spiro atoms. The van der Waals surface area contributed by atoms with Crippen LogP contribution in [0.5, 0.6) is 0 Å². The van der Waals surface area contributed by atoms with Crippen LogP contribution < -0.4 is 0 Å². The number of ether oxygens (including phenoxy) is 1. The predicted molar refractivity (Wildman–Crippen MR) is 67.5 cm³/mol. The molecule has 0 N–H and O–H groups in total. The van der Waals surface area contributed by atoms with E-state index in [9.17, 15) is 9.18 Å². The Balaban J connectivity index is 2.92. The van der Waals surface area contributed by atoms with Crippen molar-refractivity contribution in [2.45, 2.75) is 13.0 Å². The average Bonchev–Trinajstić information content (AvgIpc) is 2.30. The molecule has 5 heteroatoms. The molecule has 1 unspecified atom stereocenters. The number of methoxy groups -OCH3 is 1. The van der Waals surface area contributed by atoms with Crippen molar-refractivity contribution in [1.82, 2.24) is 4.90 Å². The Hall–Kier alpha value is -0.940. The third-order valence-corrected chi connectivity index (χ3v) is 3.24. The summed E-state index contributed by atoms with van der Waals surface area (Å²) in [4.78, 5) is 13.6. The van der Waals surface area contributed by atoms with Gasteiger partial charge in [-0.25, -0.2) is 4.39 Å². The minimum Gasteiger partial charge on any atom is -0.383 e. The predicted octanol–water partition coefficient (Wildman–Crippen LogP) is 2.70. The maximum Gasteiger partial charge on any atom is 0.255 e. The van der Waals surface area contributed by atoms with Crippen LogP contribution in [-0.4, -0.2) is 37.6 Å². The second-order valence-electron chi connectivity index (χ2n) is 3.84. The number of benzene rings is 1. The quantitative estimate of drug-likeness (QED) is 0.856. The van der Waals surface area contributed by atoms with Crippen LogP contribution in [0.2, 0.25) is 0 Å². The van der Waals surface area contributed by atoms with Gasteiger partial charge in [0, 0.05) is 18.6 Å². The summed E-state index contributed by atoms with van der Waals surface area (Å²) in [6, 6.07) is 3.99. The molecule has 0 bridgehead atoms. The molecule has 3 nitrogen and oxygen atoms in total. The van der Waals surface area contributed by atoms with Gasteiger partial charge in [-0.3, -0.25) is 4.79 Å². The largest absolute Gasteiger partial charge is 0.383 e. The summed E-state index contributed by atoms with van der Waals surface area (Å²) in [5.74, 6) is -0.662. The van der Waals surface area contributed by atoms with Gasteiger partial charge in [0.05, 0.1) is 18.2 Å². The second kappa shape index (κ2) is 6.12. The van der Waals surface area contributed by atoms with Gasteiger partial charge in [0.2, 0.25) is 0 Å². The molecule has 0 saturated heterocycles. The molecule has 0 radical (unpaired) electrons. The van der Waals surface area contributed by atoms with Gasteiger partial charge in [0.15, 0.2) is 0 Å². The van der Waals surface area contributed by atoms with Crippen LogP contribution in [0.3, 0.4) is 0 Å². The van der Waals surface area contributed by atoms with E-state index in [-0.39, 0.29) is 11.9 Å². The van der Waals surface area contributed by atoms with Crippen molar-refractivity contribution in [3.05, 3.63) is 34.1 Å². The monoisotopic (exact) mass is 303 g/mol. The van der Waals surface area contributed by atoms with E-state index >= 15 is 0 Å². The second-order valence-corrected chi connectivity index (χ2v) is 4.70. The highest BCUT2D eigenvalue weighted by Gasteiger charge is 2.19. The van der Waals surface area contributed by atoms with Crippen LogP contribution in [0.25, 0.3) is 0 Å². The van der Waals surface area contributed by atoms with Crippen molar-refractivity contribution in [2.24, 2.45) is 0 Å². The van der Waals surface area contributed by atoms with Gasteiger partial charge >= 0.3 is 0 Å². The van der Waals surface area contributed by atoms with Gasteiger partial charge in [-0.1, -0.05) is 0 Å². The molecule has 0 saturated carbocycles. The molecule has 0 aromatic heterocycles. The first-order valence-corrected chi connectivity index (χ1v) is 5.97. The van der Waals surface area contributed by atoms with E-state index in [0.717, 1.165) is 0 Å². The number of likely N-dealkylation sites (N-methyl/N-ethyl adjacent to an activating group) is 1. The lowest BCUT2D eigenvalue weighted by molar-refractivity contribution is 0.0632. The van der Waals surface area contributed by atoms with Crippen LogP contribution in [0, 0.1) is 5.82 Å². The molecule has 0 aliphatic carbocycles. The smallest absolute Gasteiger partial charge is 0.255 e. The number of rotatable bonds is 4. The number of carbonyl (C=O) groups is 1. The molecule has 0 aliphatic heterocycles. The Labute approximate surface area is 109 Å². The molecule has 1 aromatic carbocycles. The van der Waals surface area contributed by atoms with E-state index in [1.165, 1.54) is 23.1 Å². The number of halogens is 2. The van der Waals surface area contributed by atoms with Crippen molar-refractivity contribution in [3.63, 3.8) is 0 Å². The maximum atomic E-state index is 13.1. The Morgan fingerprint density at radius 1 is 1.59 bits per heavy atom. The van der Waals surface area contributed by atoms with Gasteiger partial charge in [0.25, 0.3) is 5.91 Å². The molecule has 0 fully saturated rings. The van der Waals surface area contributed by atoms with Crippen molar-refractivity contribution >= 4 is 21.8 Å². The molecular formula is C12H15BrFNO2. The van der Waals surface area contributed by atoms with Crippen molar-refractivity contribution < 1.29 is 13.9 Å². The molecular weight excluding hydrogens is 289 g/mol. The Kier molecular flexibility index (Phi) is 5.08. The lowest BCUT2D eigenvalue weighted by Gasteiger charge is -2.24. The summed E-state index contributed by atoms with van der Waals surface area (Å²) in [5.41, 5.74) is 0.315. The molecule has 1 amide bonds. The zero-order chi connectivity index (χ0) is 13.0. The topological polar surface area (TPSA) is 29.5 Å². The van der Waals surface area contributed by atoms with E-state index in [1.807, 2.05) is 6.92 Å². The molecule has 1 rings (SSSR count). The summed E-state index contributed by atoms with van der Waals surface area (Å²) >= 11 is 3.24. The maximum absolute atomic E-state index is 13.1. The average molecular weight is 304 g/mol. The minimum atomic E-state index is -0.427. The third-order valence-electron chi connectivity index (χ3n) is 2.55. The SMILES string of the molecule is COCC(C)N(C)C(=O)c1cc(F)ccc1Br. The molecule has 1 atom stereocenters. The molecule has 1 aromatic rings. The highest BCUT2D eigenvalue weighted by atomic mass is 79.9. The normalized spacial score (nSPS) is 12.3. The standard InChI is InChI=1S/C12H15BrFNO2/c1-8(7-17-3)15(2)12(16)10-6-9(14)4-5-11(10)13/h4-6,8H,7H2,1-3H3. The summed E-state index contributed by atoms with van der Waals surface area (Å²) in [6.45, 7) is 2.31. The van der Waals surface area contributed by atoms with Gasteiger partial charge in [-0.2, -0.15) is 0 Å². The fourth-order valence-electron chi connectivity index (χ4n) is 1.40. The molecule has 17 heavy (non-hydrogen) atoms. The number of hydrogen-bond donors (Lipinski definition) is 0. The Morgan fingerprint density at radius 2 is 2.24 bits per heavy atom. The molecule has 94 valence electrons. The summed E-state index contributed by atoms with van der Waals surface area (Å²) in [6.07, 6.45) is 0. The van der Waals surface area contributed by atoms with Crippen LogP contribution in [0.15, 0.2) is 22.7 Å². The first kappa shape index (κ1) is 14.1. The summed E-state index contributed by atoms with van der Waals surface area (Å²) in [7, 11) is 3.25. The van der Waals surface area contributed by atoms with E-state index in [0.29, 0.717) is 16.6 Å². The van der Waals surface area contributed by atoms with Gasteiger partial charge in [-0.05, 0) is 41.1 Å². The fraction of sp³-hybridized carbons (Fsp3) is 0.417. The van der Waals surface area contributed by atoms with E-state index in [1.54, 1.807) is 14.2 Å². The lowest BCUT2D eigenvalue weighted by atomic mass is 10.1. The van der Waals surface area contributed by atoms with Crippen LogP contribution in [0.4, 0.5) is 4.39 Å². The van der Waals surface area contributed by atoms with Gasteiger partial charge in [-0.15, -0.1) is 0 Å². The van der Waals surface area contributed by atoms with Crippen molar-refractivity contribution in [1.29, 1.82) is 0 Å². The molecule has 0 heterocycles. The number of nitrogens with zero attached hydrogens (tertiary/aromatic N) is 1. The minimum absolute atomic E-state index is 0.0670. The van der Waals surface area contributed by atoms with E-state index < -0.39 is 5.82 Å².